The number of para-hydroxylation sites is 1. The average Bonchev–Trinajstić information content (AvgIpc) is 3.35. The average molecular weight is 409 g/mol. The fourth-order valence-electron chi connectivity index (χ4n) is 3.15. The SMILES string of the molecule is COc1cc(OC)cc(-c2nnc(SCC(=O)c3c(C)[nH]c4ccccc34)o2)c1. The minimum atomic E-state index is 0.00718. The van der Waals surface area contributed by atoms with Gasteiger partial charge in [0, 0.05) is 33.8 Å². The smallest absolute Gasteiger partial charge is 0.277 e. The zero-order valence-electron chi connectivity index (χ0n) is 16.2. The first-order valence-electron chi connectivity index (χ1n) is 8.89. The molecule has 148 valence electrons. The van der Waals surface area contributed by atoms with Gasteiger partial charge in [-0.1, -0.05) is 30.0 Å². The number of benzene rings is 2. The number of aryl methyl sites for hydroxylation is 1. The Labute approximate surface area is 171 Å². The van der Waals surface area contributed by atoms with Crippen molar-refractivity contribution in [3.63, 3.8) is 0 Å². The zero-order chi connectivity index (χ0) is 20.4. The van der Waals surface area contributed by atoms with Crippen molar-refractivity contribution in [3.8, 4) is 23.0 Å². The van der Waals surface area contributed by atoms with Crippen LogP contribution in [0.25, 0.3) is 22.4 Å². The maximum absolute atomic E-state index is 12.8. The molecule has 8 heteroatoms. The number of ether oxygens (including phenoxy) is 2. The number of methoxy groups -OCH3 is 2. The minimum absolute atomic E-state index is 0.00718. The summed E-state index contributed by atoms with van der Waals surface area (Å²) in [4.78, 5) is 16.0. The van der Waals surface area contributed by atoms with Crippen LogP contribution >= 0.6 is 11.8 Å². The van der Waals surface area contributed by atoms with Gasteiger partial charge < -0.3 is 18.9 Å². The number of fused-ring (bicyclic) bond motifs is 1. The summed E-state index contributed by atoms with van der Waals surface area (Å²) in [5, 5.41) is 9.37. The van der Waals surface area contributed by atoms with E-state index in [1.54, 1.807) is 32.4 Å². The Bertz CT molecular complexity index is 1160. The molecule has 0 bridgehead atoms. The maximum atomic E-state index is 12.8. The number of ketones is 1. The predicted octanol–water partition coefficient (Wildman–Crippen LogP) is 4.52. The highest BCUT2D eigenvalue weighted by Crippen LogP contribution is 2.31. The third-order valence-electron chi connectivity index (χ3n) is 4.50. The van der Waals surface area contributed by atoms with E-state index in [0.29, 0.717) is 33.7 Å². The molecular weight excluding hydrogens is 390 g/mol. The van der Waals surface area contributed by atoms with Gasteiger partial charge >= 0.3 is 0 Å². The lowest BCUT2D eigenvalue weighted by molar-refractivity contribution is 0.102. The van der Waals surface area contributed by atoms with Gasteiger partial charge in [0.15, 0.2) is 5.78 Å². The third kappa shape index (κ3) is 3.84. The second kappa shape index (κ2) is 8.00. The molecule has 0 aliphatic heterocycles. The number of H-pyrrole nitrogens is 1. The van der Waals surface area contributed by atoms with Crippen molar-refractivity contribution in [2.75, 3.05) is 20.0 Å². The Morgan fingerprint density at radius 3 is 2.55 bits per heavy atom. The number of hydrogen-bond acceptors (Lipinski definition) is 7. The molecule has 7 nitrogen and oxygen atoms in total. The summed E-state index contributed by atoms with van der Waals surface area (Å²) < 4.78 is 16.3. The molecule has 0 radical (unpaired) electrons. The van der Waals surface area contributed by atoms with Crippen molar-refractivity contribution >= 4 is 28.4 Å². The number of carbonyl (C=O) groups excluding carboxylic acids is 1. The van der Waals surface area contributed by atoms with Crippen LogP contribution in [0, 0.1) is 6.92 Å². The second-order valence-corrected chi connectivity index (χ2v) is 7.28. The Morgan fingerprint density at radius 1 is 1.10 bits per heavy atom. The fourth-order valence-corrected chi connectivity index (χ4v) is 3.79. The summed E-state index contributed by atoms with van der Waals surface area (Å²) >= 11 is 1.21. The number of carbonyl (C=O) groups is 1. The van der Waals surface area contributed by atoms with Crippen molar-refractivity contribution in [1.82, 2.24) is 15.2 Å². The second-order valence-electron chi connectivity index (χ2n) is 6.36. The Hall–Kier alpha value is -3.26. The van der Waals surface area contributed by atoms with Crippen molar-refractivity contribution in [1.29, 1.82) is 0 Å². The number of thioether (sulfide) groups is 1. The molecular formula is C21H19N3O4S. The van der Waals surface area contributed by atoms with Crippen LogP contribution in [0.1, 0.15) is 16.1 Å². The lowest BCUT2D eigenvalue weighted by Crippen LogP contribution is -2.03. The molecule has 0 saturated heterocycles. The van der Waals surface area contributed by atoms with Gasteiger partial charge in [0.05, 0.1) is 20.0 Å². The number of rotatable bonds is 7. The number of aromatic amines is 1. The van der Waals surface area contributed by atoms with Gasteiger partial charge in [0.25, 0.3) is 5.22 Å². The molecule has 29 heavy (non-hydrogen) atoms. The number of hydrogen-bond donors (Lipinski definition) is 1. The summed E-state index contributed by atoms with van der Waals surface area (Å²) in [6.45, 7) is 1.90. The molecule has 0 atom stereocenters. The van der Waals surface area contributed by atoms with Crippen molar-refractivity contribution in [3.05, 3.63) is 53.7 Å². The standard InChI is InChI=1S/C21H19N3O4S/c1-12-19(16-6-4-5-7-17(16)22-12)18(25)11-29-21-24-23-20(28-21)13-8-14(26-2)10-15(9-13)27-3/h4-10,22H,11H2,1-3H3. The normalized spacial score (nSPS) is 11.0. The number of aromatic nitrogens is 3. The first-order valence-corrected chi connectivity index (χ1v) is 9.88. The topological polar surface area (TPSA) is 90.2 Å². The first kappa shape index (κ1) is 19.1. The van der Waals surface area contributed by atoms with Crippen LogP contribution < -0.4 is 9.47 Å². The van der Waals surface area contributed by atoms with E-state index < -0.39 is 0 Å². The van der Waals surface area contributed by atoms with Gasteiger partial charge in [0.1, 0.15) is 11.5 Å². The first-order chi connectivity index (χ1) is 14.1. The maximum Gasteiger partial charge on any atom is 0.277 e. The lowest BCUT2D eigenvalue weighted by Gasteiger charge is -2.05. The number of nitrogens with one attached hydrogen (secondary N) is 1. The molecule has 1 N–H and O–H groups in total. The van der Waals surface area contributed by atoms with Gasteiger partial charge in [-0.15, -0.1) is 10.2 Å². The highest BCUT2D eigenvalue weighted by atomic mass is 32.2. The van der Waals surface area contributed by atoms with Gasteiger partial charge in [-0.2, -0.15) is 0 Å². The summed E-state index contributed by atoms with van der Waals surface area (Å²) in [5.74, 6) is 1.79. The molecule has 0 amide bonds. The lowest BCUT2D eigenvalue weighted by atomic mass is 10.1. The molecule has 4 rings (SSSR count). The van der Waals surface area contributed by atoms with E-state index in [1.807, 2.05) is 31.2 Å². The van der Waals surface area contributed by atoms with Crippen LogP contribution in [0.2, 0.25) is 0 Å². The van der Waals surface area contributed by atoms with E-state index in [0.717, 1.165) is 16.6 Å². The minimum Gasteiger partial charge on any atom is -0.497 e. The van der Waals surface area contributed by atoms with Crippen molar-refractivity contribution < 1.29 is 18.7 Å². The predicted molar refractivity (Wildman–Crippen MR) is 111 cm³/mol. The van der Waals surface area contributed by atoms with Gasteiger partial charge in [-0.05, 0) is 25.1 Å². The monoisotopic (exact) mass is 409 g/mol. The quantitative estimate of drug-likeness (QED) is 0.354. The molecule has 4 aromatic rings. The molecule has 0 saturated carbocycles. The van der Waals surface area contributed by atoms with Gasteiger partial charge in [0.2, 0.25) is 5.89 Å². The van der Waals surface area contributed by atoms with Crippen LogP contribution in [-0.4, -0.2) is 40.9 Å². The van der Waals surface area contributed by atoms with E-state index in [1.165, 1.54) is 11.8 Å². The zero-order valence-corrected chi connectivity index (χ0v) is 17.0. The van der Waals surface area contributed by atoms with Gasteiger partial charge in [-0.25, -0.2) is 0 Å². The largest absolute Gasteiger partial charge is 0.497 e. The molecule has 0 spiro atoms. The molecule has 2 aromatic carbocycles. The summed E-state index contributed by atoms with van der Waals surface area (Å²) in [5.41, 5.74) is 3.18. The van der Waals surface area contributed by atoms with Crippen LogP contribution in [0.5, 0.6) is 11.5 Å². The molecule has 0 aliphatic rings. The van der Waals surface area contributed by atoms with Crippen molar-refractivity contribution in [2.24, 2.45) is 0 Å². The summed E-state index contributed by atoms with van der Waals surface area (Å²) in [6, 6.07) is 13.1. The van der Waals surface area contributed by atoms with Crippen LogP contribution in [-0.2, 0) is 0 Å². The van der Waals surface area contributed by atoms with Crippen LogP contribution in [0.3, 0.4) is 0 Å². The molecule has 0 unspecified atom stereocenters. The third-order valence-corrected chi connectivity index (χ3v) is 5.32. The van der Waals surface area contributed by atoms with E-state index >= 15 is 0 Å². The highest BCUT2D eigenvalue weighted by Gasteiger charge is 2.18. The van der Waals surface area contributed by atoms with E-state index in [9.17, 15) is 4.79 Å². The Balaban J connectivity index is 1.51. The van der Waals surface area contributed by atoms with Crippen LogP contribution in [0.15, 0.2) is 52.1 Å². The van der Waals surface area contributed by atoms with Gasteiger partial charge in [-0.3, -0.25) is 4.79 Å². The number of nitrogens with zero attached hydrogens (tertiary/aromatic N) is 2. The van der Waals surface area contributed by atoms with Crippen LogP contribution in [0.4, 0.5) is 0 Å². The Kier molecular flexibility index (Phi) is 5.26. The van der Waals surface area contributed by atoms with E-state index in [4.69, 9.17) is 13.9 Å². The Morgan fingerprint density at radius 2 is 1.83 bits per heavy atom. The molecule has 0 fully saturated rings. The fraction of sp³-hybridized carbons (Fsp3) is 0.190. The summed E-state index contributed by atoms with van der Waals surface area (Å²) in [6.07, 6.45) is 0. The molecule has 2 heterocycles. The summed E-state index contributed by atoms with van der Waals surface area (Å²) in [7, 11) is 3.15. The molecule has 2 aromatic heterocycles. The molecule has 0 aliphatic carbocycles. The highest BCUT2D eigenvalue weighted by molar-refractivity contribution is 7.99. The van der Waals surface area contributed by atoms with Crippen molar-refractivity contribution in [2.45, 2.75) is 12.1 Å². The van der Waals surface area contributed by atoms with E-state index in [-0.39, 0.29) is 11.5 Å². The number of Topliss-reactive ketones (excluding diaryl/α,β-unsaturated/α-hetero) is 1. The van der Waals surface area contributed by atoms with E-state index in [2.05, 4.69) is 15.2 Å².